The fourth-order valence-electron chi connectivity index (χ4n) is 1.62. The Morgan fingerprint density at radius 1 is 0.950 bits per heavy atom. The second-order valence-electron chi connectivity index (χ2n) is 4.62. The minimum Gasteiger partial charge on any atom is -0.0845 e. The van der Waals surface area contributed by atoms with Crippen LogP contribution in [0.2, 0.25) is 0 Å². The van der Waals surface area contributed by atoms with Gasteiger partial charge in [-0.1, -0.05) is 74.8 Å². The summed E-state index contributed by atoms with van der Waals surface area (Å²) in [7, 11) is 0. The first-order valence-corrected chi connectivity index (χ1v) is 7.87. The smallest absolute Gasteiger partial charge is 0.0279 e. The molecule has 0 saturated carbocycles. The molecule has 0 heteroatoms. The lowest BCUT2D eigenvalue weighted by Crippen LogP contribution is -1.85. The van der Waals surface area contributed by atoms with Gasteiger partial charge in [-0.15, -0.1) is 0 Å². The minimum atomic E-state index is 1.21. The number of benzene rings is 1. The molecular weight excluding hydrogens is 240 g/mol. The van der Waals surface area contributed by atoms with Crippen LogP contribution in [0, 0.1) is 6.92 Å². The average molecular weight is 274 g/mol. The summed E-state index contributed by atoms with van der Waals surface area (Å²) in [5.74, 6) is 0. The Kier molecular flexibility index (Phi) is 14.8. The van der Waals surface area contributed by atoms with E-state index in [4.69, 9.17) is 0 Å². The highest BCUT2D eigenvalue weighted by molar-refractivity contribution is 5.25. The molecule has 0 bridgehead atoms. The van der Waals surface area contributed by atoms with Crippen molar-refractivity contribution in [3.8, 4) is 0 Å². The van der Waals surface area contributed by atoms with Gasteiger partial charge in [0.15, 0.2) is 0 Å². The molecule has 20 heavy (non-hydrogen) atoms. The molecule has 0 aliphatic rings. The molecule has 0 amide bonds. The van der Waals surface area contributed by atoms with Gasteiger partial charge < -0.3 is 0 Å². The summed E-state index contributed by atoms with van der Waals surface area (Å²) in [6, 6.07) is 8.58. The minimum absolute atomic E-state index is 1.21. The molecule has 0 nitrogen and oxygen atoms in total. The summed E-state index contributed by atoms with van der Waals surface area (Å²) in [5, 5.41) is 0. The van der Waals surface area contributed by atoms with Gasteiger partial charge in [-0.3, -0.25) is 0 Å². The van der Waals surface area contributed by atoms with Crippen LogP contribution in [0.5, 0.6) is 0 Å². The van der Waals surface area contributed by atoms with E-state index in [0.29, 0.717) is 0 Å². The molecule has 1 rings (SSSR count). The van der Waals surface area contributed by atoms with E-state index in [1.54, 1.807) is 0 Å². The highest BCUT2D eigenvalue weighted by atomic mass is 14.0. The Bertz CT molecular complexity index is 378. The van der Waals surface area contributed by atoms with Gasteiger partial charge in [-0.25, -0.2) is 0 Å². The summed E-state index contributed by atoms with van der Waals surface area (Å²) in [4.78, 5) is 0. The maximum atomic E-state index is 2.21. The molecule has 114 valence electrons. The zero-order chi connectivity index (χ0) is 16.0. The van der Waals surface area contributed by atoms with E-state index in [0.717, 1.165) is 0 Å². The van der Waals surface area contributed by atoms with Crippen LogP contribution in [0.3, 0.4) is 0 Å². The lowest BCUT2D eigenvalue weighted by atomic mass is 10.1. The molecule has 0 atom stereocenters. The first-order valence-electron chi connectivity index (χ1n) is 7.87. The van der Waals surface area contributed by atoms with Crippen LogP contribution < -0.4 is 0 Å². The van der Waals surface area contributed by atoms with E-state index in [2.05, 4.69) is 78.0 Å². The molecule has 0 N–H and O–H groups in total. The lowest BCUT2D eigenvalue weighted by molar-refractivity contribution is 0.913. The second-order valence-corrected chi connectivity index (χ2v) is 4.62. The fourth-order valence-corrected chi connectivity index (χ4v) is 1.62. The number of aryl methyl sites for hydroxylation is 2. The van der Waals surface area contributed by atoms with Crippen molar-refractivity contribution in [1.82, 2.24) is 0 Å². The summed E-state index contributed by atoms with van der Waals surface area (Å²) in [6.07, 6.45) is 6.70. The second kappa shape index (κ2) is 14.1. The maximum absolute atomic E-state index is 2.21. The fraction of sp³-hybridized carbons (Fsp3) is 0.500. The molecule has 0 fully saturated rings. The zero-order valence-corrected chi connectivity index (χ0v) is 14.9. The van der Waals surface area contributed by atoms with Crippen LogP contribution in [0.15, 0.2) is 47.6 Å². The molecule has 0 aromatic heterocycles. The van der Waals surface area contributed by atoms with Crippen molar-refractivity contribution >= 4 is 0 Å². The summed E-state index contributed by atoms with van der Waals surface area (Å²) >= 11 is 0. The first kappa shape index (κ1) is 21.0. The van der Waals surface area contributed by atoms with Gasteiger partial charge in [0.25, 0.3) is 0 Å². The molecule has 0 saturated heterocycles. The van der Waals surface area contributed by atoms with Crippen molar-refractivity contribution in [1.29, 1.82) is 0 Å². The highest BCUT2D eigenvalue weighted by Crippen LogP contribution is 2.08. The zero-order valence-electron chi connectivity index (χ0n) is 14.9. The average Bonchev–Trinajstić information content (AvgIpc) is 2.51. The van der Waals surface area contributed by atoms with Crippen LogP contribution in [0.1, 0.15) is 66.0 Å². The molecule has 0 spiro atoms. The molecule has 0 aliphatic heterocycles. The van der Waals surface area contributed by atoms with Gasteiger partial charge in [-0.05, 0) is 52.2 Å². The van der Waals surface area contributed by atoms with Crippen LogP contribution in [0.4, 0.5) is 0 Å². The van der Waals surface area contributed by atoms with Crippen LogP contribution in [-0.2, 0) is 6.42 Å². The van der Waals surface area contributed by atoms with Crippen molar-refractivity contribution < 1.29 is 0 Å². The molecule has 0 unspecified atom stereocenters. The first-order chi connectivity index (χ1) is 9.56. The molecule has 0 heterocycles. The molecule has 1 aromatic carbocycles. The standard InChI is InChI=1S/C10H14.C8H14.C2H6/c1-3-6-10-8-5-4-7-9(10)2;1-5-7(3)8(4)6-2;1-2/h4-5,7-8H,3,6H2,1-2H3;5-6H,1-4H3;1-2H3/b;7-5-,8-6-;. The van der Waals surface area contributed by atoms with Crippen molar-refractivity contribution in [3.05, 3.63) is 58.7 Å². The van der Waals surface area contributed by atoms with E-state index in [-0.39, 0.29) is 0 Å². The molecule has 0 radical (unpaired) electrons. The van der Waals surface area contributed by atoms with E-state index >= 15 is 0 Å². The summed E-state index contributed by atoms with van der Waals surface area (Å²) in [6.45, 7) is 16.7. The van der Waals surface area contributed by atoms with E-state index in [1.807, 2.05) is 13.8 Å². The van der Waals surface area contributed by atoms with Crippen molar-refractivity contribution in [2.24, 2.45) is 0 Å². The van der Waals surface area contributed by atoms with E-state index in [1.165, 1.54) is 35.1 Å². The number of allylic oxidation sites excluding steroid dienone is 4. The summed E-state index contributed by atoms with van der Waals surface area (Å²) < 4.78 is 0. The van der Waals surface area contributed by atoms with Crippen molar-refractivity contribution in [3.63, 3.8) is 0 Å². The Hall–Kier alpha value is -1.30. The SMILES string of the molecule is C/C=C(C)\C(C)=C/C.CC.CCCc1ccccc1C. The normalized spacial score (nSPS) is 11.0. The largest absolute Gasteiger partial charge is 0.0845 e. The van der Waals surface area contributed by atoms with Gasteiger partial charge in [0.1, 0.15) is 0 Å². The predicted octanol–water partition coefficient (Wildman–Crippen LogP) is 6.89. The third-order valence-corrected chi connectivity index (χ3v) is 3.27. The Morgan fingerprint density at radius 2 is 1.40 bits per heavy atom. The van der Waals surface area contributed by atoms with Crippen molar-refractivity contribution in [2.45, 2.75) is 68.2 Å². The number of hydrogen-bond acceptors (Lipinski definition) is 0. The van der Waals surface area contributed by atoms with Gasteiger partial charge in [0.05, 0.1) is 0 Å². The lowest BCUT2D eigenvalue weighted by Gasteiger charge is -2.01. The third-order valence-electron chi connectivity index (χ3n) is 3.27. The van der Waals surface area contributed by atoms with E-state index in [9.17, 15) is 0 Å². The summed E-state index contributed by atoms with van der Waals surface area (Å²) in [5.41, 5.74) is 5.65. The van der Waals surface area contributed by atoms with Crippen molar-refractivity contribution in [2.75, 3.05) is 0 Å². The predicted molar refractivity (Wildman–Crippen MR) is 95.4 cm³/mol. The van der Waals surface area contributed by atoms with Gasteiger partial charge >= 0.3 is 0 Å². The van der Waals surface area contributed by atoms with Crippen LogP contribution in [-0.4, -0.2) is 0 Å². The van der Waals surface area contributed by atoms with Crippen LogP contribution in [0.25, 0.3) is 0 Å². The third kappa shape index (κ3) is 9.61. The Balaban J connectivity index is 0. The molecular formula is C20H34. The van der Waals surface area contributed by atoms with Crippen LogP contribution >= 0.6 is 0 Å². The topological polar surface area (TPSA) is 0 Å². The molecule has 0 aliphatic carbocycles. The Labute approximate surface area is 127 Å². The number of hydrogen-bond donors (Lipinski definition) is 0. The molecule has 1 aromatic rings. The highest BCUT2D eigenvalue weighted by Gasteiger charge is 1.92. The monoisotopic (exact) mass is 274 g/mol. The van der Waals surface area contributed by atoms with Gasteiger partial charge in [0.2, 0.25) is 0 Å². The van der Waals surface area contributed by atoms with Gasteiger partial charge in [0, 0.05) is 0 Å². The quantitative estimate of drug-likeness (QED) is 0.526. The van der Waals surface area contributed by atoms with Gasteiger partial charge in [-0.2, -0.15) is 0 Å². The number of rotatable bonds is 3. The van der Waals surface area contributed by atoms with E-state index < -0.39 is 0 Å². The Morgan fingerprint density at radius 3 is 1.75 bits per heavy atom. The maximum Gasteiger partial charge on any atom is -0.0279 e.